The van der Waals surface area contributed by atoms with Crippen LogP contribution in [0.5, 0.6) is 0 Å². The van der Waals surface area contributed by atoms with E-state index in [1.54, 1.807) is 0 Å². The summed E-state index contributed by atoms with van der Waals surface area (Å²) in [4.78, 5) is 0. The van der Waals surface area contributed by atoms with Crippen LogP contribution in [-0.4, -0.2) is 101 Å². The molecule has 0 N–H and O–H groups in total. The van der Waals surface area contributed by atoms with E-state index in [0.29, 0.717) is 0 Å². The third kappa shape index (κ3) is 6.95. The van der Waals surface area contributed by atoms with Gasteiger partial charge in [-0.3, -0.25) is 0 Å². The minimum atomic E-state index is -11.8. The lowest BCUT2D eigenvalue weighted by Gasteiger charge is -2.52. The summed E-state index contributed by atoms with van der Waals surface area (Å²) in [6, 6.07) is 0. The molecule has 1 aliphatic heterocycles. The van der Waals surface area contributed by atoms with Gasteiger partial charge in [0.2, 0.25) is 0 Å². The topological polar surface area (TPSA) is 46.2 Å². The normalized spacial score (nSPS) is 23.4. The Morgan fingerprint density at radius 1 is 0.160 bits per heavy atom. The largest absolute Gasteiger partial charge is 0.557 e. The number of halogens is 30. The van der Waals surface area contributed by atoms with Crippen LogP contribution in [0.2, 0.25) is 0 Å². The second-order valence-electron chi connectivity index (χ2n) is 8.57. The van der Waals surface area contributed by atoms with Crippen LogP contribution in [0.1, 0.15) is 0 Å². The number of hydrogen-bond acceptors (Lipinski definition) is 5. The first-order valence-electron chi connectivity index (χ1n) is 10.2. The van der Waals surface area contributed by atoms with Gasteiger partial charge < -0.3 is 20.6 Å². The monoisotopic (exact) mass is 910 g/mol. The van der Waals surface area contributed by atoms with E-state index in [9.17, 15) is 132 Å². The first-order valence-corrected chi connectivity index (χ1v) is 19.3. The summed E-state index contributed by atoms with van der Waals surface area (Å²) in [6.45, 7) is 0. The number of alkyl halides is 30. The van der Waals surface area contributed by atoms with Crippen LogP contribution in [0.15, 0.2) is 0 Å². The van der Waals surface area contributed by atoms with E-state index in [1.165, 1.54) is 20.6 Å². The van der Waals surface area contributed by atoms with Crippen molar-refractivity contribution in [1.82, 2.24) is 0 Å². The van der Waals surface area contributed by atoms with Crippen molar-refractivity contribution in [2.24, 2.45) is 0 Å². The lowest BCUT2D eigenvalue weighted by atomic mass is 11.5. The molecule has 0 bridgehead atoms. The Morgan fingerprint density at radius 2 is 0.220 bits per heavy atom. The van der Waals surface area contributed by atoms with E-state index in [2.05, 4.69) is 0 Å². The van der Waals surface area contributed by atoms with Crippen molar-refractivity contribution in [3.63, 3.8) is 0 Å². The van der Waals surface area contributed by atoms with Crippen molar-refractivity contribution < 1.29 is 152 Å². The van der Waals surface area contributed by atoms with E-state index in [-0.39, 0.29) is 0 Å². The SMILES string of the molecule is FC(F)(F)[Si]1(C(F)(F)F)O[Si](C(F)(F)F)(C(F)(F)F)O[Si](C(F)(F)F)(C(F)(F)F)O[Si](C(F)(F)F)(C(F)(F)F)O[Si](C(F)(F)F)(C(F)(F)F)O1. The molecule has 0 saturated carbocycles. The van der Waals surface area contributed by atoms with Crippen molar-refractivity contribution in [3.05, 3.63) is 0 Å². The molecule has 0 amide bonds. The fourth-order valence-electron chi connectivity index (χ4n) is 3.08. The second kappa shape index (κ2) is 11.9. The van der Waals surface area contributed by atoms with Crippen molar-refractivity contribution in [3.8, 4) is 0 Å². The molecule has 0 aromatic carbocycles. The molecular weight excluding hydrogens is 910 g/mol. The molecule has 300 valence electrons. The highest BCUT2D eigenvalue weighted by Crippen LogP contribution is 2.61. The van der Waals surface area contributed by atoms with E-state index >= 15 is 0 Å². The van der Waals surface area contributed by atoms with Gasteiger partial charge in [-0.25, -0.2) is 0 Å². The Balaban J connectivity index is 5.40. The van der Waals surface area contributed by atoms with Crippen LogP contribution >= 0.6 is 0 Å². The summed E-state index contributed by atoms with van der Waals surface area (Å²) in [5, 5.41) is 0. The van der Waals surface area contributed by atoms with Crippen molar-refractivity contribution in [1.29, 1.82) is 0 Å². The third-order valence-electron chi connectivity index (χ3n) is 5.17. The molecule has 1 rings (SSSR count). The molecule has 0 unspecified atom stereocenters. The van der Waals surface area contributed by atoms with Gasteiger partial charge in [0, 0.05) is 0 Å². The highest BCUT2D eigenvalue weighted by atomic mass is 28.5. The molecule has 1 heterocycles. The predicted octanol–water partition coefficient (Wildman–Crippen LogP) is 8.31. The van der Waals surface area contributed by atoms with Gasteiger partial charge in [-0.1, -0.05) is 0 Å². The average molecular weight is 910 g/mol. The summed E-state index contributed by atoms with van der Waals surface area (Å²) in [5.41, 5.74) is 0. The maximum Gasteiger partial charge on any atom is 0.557 e. The Morgan fingerprint density at radius 3 is 0.260 bits per heavy atom. The zero-order valence-electron chi connectivity index (χ0n) is 20.9. The lowest BCUT2D eigenvalue weighted by molar-refractivity contribution is -0.214. The van der Waals surface area contributed by atoms with Gasteiger partial charge in [0.05, 0.1) is 0 Å². The number of rotatable bonds is 0. The molecule has 50 heavy (non-hydrogen) atoms. The summed E-state index contributed by atoms with van der Waals surface area (Å²) in [6.07, 6.45) is 0. The maximum absolute atomic E-state index is 13.9. The van der Waals surface area contributed by atoms with Gasteiger partial charge in [-0.05, 0) is 0 Å². The first-order chi connectivity index (χ1) is 21.0. The summed E-state index contributed by atoms with van der Waals surface area (Å²) in [5.74, 6) is -90.8. The Bertz CT molecular complexity index is 911. The third-order valence-corrected chi connectivity index (χ3v) is 24.1. The highest BCUT2D eigenvalue weighted by molar-refractivity contribution is 6.99. The zero-order chi connectivity index (χ0) is 41.0. The van der Waals surface area contributed by atoms with Crippen molar-refractivity contribution in [2.75, 3.05) is 0 Å². The Labute approximate surface area is 254 Å². The number of hydrogen-bond donors (Lipinski definition) is 0. The van der Waals surface area contributed by atoms with Gasteiger partial charge in [0.25, 0.3) is 0 Å². The van der Waals surface area contributed by atoms with E-state index in [0.717, 1.165) is 0 Å². The molecule has 0 spiro atoms. The summed E-state index contributed by atoms with van der Waals surface area (Å²) in [7, 11) is -58.9. The van der Waals surface area contributed by atoms with E-state index in [4.69, 9.17) is 0 Å². The molecule has 0 aliphatic carbocycles. The zero-order valence-corrected chi connectivity index (χ0v) is 25.9. The van der Waals surface area contributed by atoms with Crippen molar-refractivity contribution in [2.45, 2.75) is 58.0 Å². The molecule has 1 fully saturated rings. The standard InChI is InChI=1S/C10F30O5Si5/c11-1(12,13)46(2(14,15)16)41-47(3(17,18)19,4(20,21)22)43-49(7(29,30)31,8(32,33)34)45-50(9(35,36)37,10(38,39)40)44-48(42-46,5(23,24)25)6(26,27)28. The minimum absolute atomic E-state index is 1.49. The van der Waals surface area contributed by atoms with E-state index in [1.807, 2.05) is 0 Å². The quantitative estimate of drug-likeness (QED) is 0.181. The van der Waals surface area contributed by atoms with Crippen LogP contribution in [0.3, 0.4) is 0 Å². The summed E-state index contributed by atoms with van der Waals surface area (Å²) >= 11 is 0. The highest BCUT2D eigenvalue weighted by Gasteiger charge is 3.02. The van der Waals surface area contributed by atoms with Crippen LogP contribution in [-0.2, 0) is 20.6 Å². The van der Waals surface area contributed by atoms with Crippen LogP contribution in [0.4, 0.5) is 132 Å². The van der Waals surface area contributed by atoms with E-state index < -0.39 is 101 Å². The second-order valence-corrected chi connectivity index (χ2v) is 24.5. The van der Waals surface area contributed by atoms with Crippen LogP contribution in [0, 0.1) is 0 Å². The molecule has 0 atom stereocenters. The smallest absolute Gasteiger partial charge is 0.393 e. The molecule has 5 nitrogen and oxygen atoms in total. The lowest BCUT2D eigenvalue weighted by Crippen LogP contribution is -2.90. The van der Waals surface area contributed by atoms with Gasteiger partial charge in [0.1, 0.15) is 0 Å². The average Bonchev–Trinajstić information content (AvgIpc) is 2.72. The fraction of sp³-hybridized carbons (Fsp3) is 1.00. The van der Waals surface area contributed by atoms with Gasteiger partial charge in [-0.15, -0.1) is 0 Å². The van der Waals surface area contributed by atoms with Gasteiger partial charge >= 0.3 is 101 Å². The molecule has 40 heteroatoms. The first kappa shape index (κ1) is 46.8. The van der Waals surface area contributed by atoms with Gasteiger partial charge in [0.15, 0.2) is 0 Å². The fourth-order valence-corrected chi connectivity index (χ4v) is 24.7. The molecule has 1 saturated heterocycles. The minimum Gasteiger partial charge on any atom is -0.393 e. The Kier molecular flexibility index (Phi) is 11.1. The predicted molar refractivity (Wildman–Crippen MR) is 94.7 cm³/mol. The maximum atomic E-state index is 13.9. The molecule has 0 aromatic rings. The molecule has 0 aromatic heterocycles. The summed E-state index contributed by atoms with van der Waals surface area (Å²) < 4.78 is 423. The van der Waals surface area contributed by atoms with Crippen LogP contribution in [0.25, 0.3) is 0 Å². The Hall–Kier alpha value is -1.22. The van der Waals surface area contributed by atoms with Crippen molar-refractivity contribution >= 4 is 42.8 Å². The van der Waals surface area contributed by atoms with Crippen LogP contribution < -0.4 is 0 Å². The molecule has 1 aliphatic rings. The molecular formula is C10F30O5Si5. The van der Waals surface area contributed by atoms with Gasteiger partial charge in [-0.2, -0.15) is 132 Å². The molecule has 0 radical (unpaired) electrons.